The second-order valence-corrected chi connectivity index (χ2v) is 3.15. The van der Waals surface area contributed by atoms with Crippen LogP contribution in [0.15, 0.2) is 6.07 Å². The van der Waals surface area contributed by atoms with E-state index in [2.05, 4.69) is 37.2 Å². The summed E-state index contributed by atoms with van der Waals surface area (Å²) in [6, 6.07) is 1.88. The Morgan fingerprint density at radius 1 is 1.56 bits per heavy atom. The van der Waals surface area contributed by atoms with Crippen LogP contribution in [0.2, 0.25) is 0 Å². The average molecular weight is 123 g/mol. The van der Waals surface area contributed by atoms with Crippen LogP contribution in [0.3, 0.4) is 0 Å². The highest BCUT2D eigenvalue weighted by molar-refractivity contribution is 5.08. The van der Waals surface area contributed by atoms with E-state index in [1.54, 1.807) is 0 Å². The molecule has 0 fully saturated rings. The van der Waals surface area contributed by atoms with E-state index in [1.807, 2.05) is 6.07 Å². The topological polar surface area (TPSA) is 28.7 Å². The molecular formula is C7H11N2. The van der Waals surface area contributed by atoms with Gasteiger partial charge in [-0.2, -0.15) is 5.10 Å². The average Bonchev–Trinajstić information content (AvgIpc) is 2.08. The summed E-state index contributed by atoms with van der Waals surface area (Å²) in [7, 11) is 0. The standard InChI is InChI=1S/C7H11N2/c1-7(2,3)6-4-5-8-9-6/h4H,1-3H3,(H,8,9). The lowest BCUT2D eigenvalue weighted by Crippen LogP contribution is -2.11. The summed E-state index contributed by atoms with van der Waals surface area (Å²) in [5.41, 5.74) is 1.21. The van der Waals surface area contributed by atoms with E-state index < -0.39 is 0 Å². The Labute approximate surface area is 55.3 Å². The van der Waals surface area contributed by atoms with Crippen LogP contribution in [0.5, 0.6) is 0 Å². The molecule has 0 aliphatic heterocycles. The Balaban J connectivity index is 2.90. The Kier molecular flexibility index (Phi) is 1.31. The molecule has 1 N–H and O–H groups in total. The van der Waals surface area contributed by atoms with Gasteiger partial charge >= 0.3 is 0 Å². The molecule has 0 aliphatic rings. The second-order valence-electron chi connectivity index (χ2n) is 3.15. The van der Waals surface area contributed by atoms with Crippen molar-refractivity contribution < 1.29 is 0 Å². The third kappa shape index (κ3) is 1.31. The maximum absolute atomic E-state index is 4.01. The monoisotopic (exact) mass is 123 g/mol. The molecule has 0 bridgehead atoms. The van der Waals surface area contributed by atoms with Crippen LogP contribution < -0.4 is 0 Å². The van der Waals surface area contributed by atoms with Crippen molar-refractivity contribution in [1.82, 2.24) is 10.2 Å². The summed E-state index contributed by atoms with van der Waals surface area (Å²) in [4.78, 5) is 0. The van der Waals surface area contributed by atoms with Gasteiger partial charge in [-0.15, -0.1) is 0 Å². The zero-order valence-corrected chi connectivity index (χ0v) is 6.02. The van der Waals surface area contributed by atoms with Gasteiger partial charge < -0.3 is 0 Å². The maximum atomic E-state index is 4.01. The third-order valence-electron chi connectivity index (χ3n) is 1.22. The Hall–Kier alpha value is -0.790. The zero-order valence-electron chi connectivity index (χ0n) is 6.02. The molecule has 1 rings (SSSR count). The SMILES string of the molecule is CC(C)(C)c1c[c][nH]n1. The third-order valence-corrected chi connectivity index (χ3v) is 1.22. The first-order valence-electron chi connectivity index (χ1n) is 3.02. The van der Waals surface area contributed by atoms with Crippen LogP contribution in [0.4, 0.5) is 0 Å². The van der Waals surface area contributed by atoms with Crippen molar-refractivity contribution in [1.29, 1.82) is 0 Å². The van der Waals surface area contributed by atoms with Gasteiger partial charge in [0.15, 0.2) is 0 Å². The van der Waals surface area contributed by atoms with E-state index >= 15 is 0 Å². The van der Waals surface area contributed by atoms with E-state index in [1.165, 1.54) is 0 Å². The highest BCUT2D eigenvalue weighted by Crippen LogP contribution is 2.17. The minimum atomic E-state index is 0.149. The number of aromatic nitrogens is 2. The molecule has 0 saturated carbocycles. The van der Waals surface area contributed by atoms with Crippen LogP contribution >= 0.6 is 0 Å². The van der Waals surface area contributed by atoms with Gasteiger partial charge in [0.2, 0.25) is 0 Å². The van der Waals surface area contributed by atoms with Gasteiger partial charge in [0, 0.05) is 5.41 Å². The smallest absolute Gasteiger partial charge is 0.0831 e. The van der Waals surface area contributed by atoms with Gasteiger partial charge in [0.25, 0.3) is 0 Å². The largest absolute Gasteiger partial charge is 0.276 e. The van der Waals surface area contributed by atoms with Crippen molar-refractivity contribution in [3.63, 3.8) is 0 Å². The van der Waals surface area contributed by atoms with Crippen LogP contribution in [0, 0.1) is 6.20 Å². The van der Waals surface area contributed by atoms with Crippen molar-refractivity contribution in [2.75, 3.05) is 0 Å². The van der Waals surface area contributed by atoms with E-state index in [-0.39, 0.29) is 5.41 Å². The lowest BCUT2D eigenvalue weighted by Gasteiger charge is -2.13. The quantitative estimate of drug-likeness (QED) is 0.556. The lowest BCUT2D eigenvalue weighted by molar-refractivity contribution is 0.567. The fourth-order valence-electron chi connectivity index (χ4n) is 0.610. The maximum Gasteiger partial charge on any atom is 0.0831 e. The van der Waals surface area contributed by atoms with Gasteiger partial charge in [0.05, 0.1) is 11.9 Å². The summed E-state index contributed by atoms with van der Waals surface area (Å²) in [5.74, 6) is 0. The number of aromatic amines is 1. The first-order valence-corrected chi connectivity index (χ1v) is 3.02. The first kappa shape index (κ1) is 6.33. The van der Waals surface area contributed by atoms with Crippen LogP contribution in [-0.4, -0.2) is 10.2 Å². The fraction of sp³-hybridized carbons (Fsp3) is 0.571. The molecule has 0 saturated heterocycles. The number of H-pyrrole nitrogens is 1. The minimum absolute atomic E-state index is 0.149. The number of rotatable bonds is 0. The van der Waals surface area contributed by atoms with Crippen molar-refractivity contribution >= 4 is 0 Å². The molecule has 2 heteroatoms. The number of hydrogen-bond acceptors (Lipinski definition) is 1. The molecule has 0 aromatic carbocycles. The Bertz CT molecular complexity index is 169. The van der Waals surface area contributed by atoms with Crippen LogP contribution in [0.25, 0.3) is 0 Å². The molecule has 1 aromatic rings. The van der Waals surface area contributed by atoms with E-state index in [0.29, 0.717) is 0 Å². The van der Waals surface area contributed by atoms with Gasteiger partial charge in [-0.1, -0.05) is 20.8 Å². The molecule has 0 unspecified atom stereocenters. The second kappa shape index (κ2) is 1.87. The number of nitrogens with zero attached hydrogens (tertiary/aromatic N) is 1. The number of hydrogen-bond donors (Lipinski definition) is 1. The molecule has 2 nitrogen and oxygen atoms in total. The molecular weight excluding hydrogens is 112 g/mol. The molecule has 0 spiro atoms. The van der Waals surface area contributed by atoms with Crippen molar-refractivity contribution in [2.24, 2.45) is 0 Å². The van der Waals surface area contributed by atoms with E-state index in [0.717, 1.165) is 5.69 Å². The molecule has 0 amide bonds. The molecule has 0 aliphatic carbocycles. The summed E-state index contributed by atoms with van der Waals surface area (Å²) < 4.78 is 0. The van der Waals surface area contributed by atoms with Crippen molar-refractivity contribution in [2.45, 2.75) is 26.2 Å². The van der Waals surface area contributed by atoms with Gasteiger partial charge in [-0.25, -0.2) is 0 Å². The van der Waals surface area contributed by atoms with Gasteiger partial charge in [-0.3, -0.25) is 5.10 Å². The van der Waals surface area contributed by atoms with Crippen molar-refractivity contribution in [3.8, 4) is 0 Å². The highest BCUT2D eigenvalue weighted by Gasteiger charge is 2.14. The summed E-state index contributed by atoms with van der Waals surface area (Å²) in [6.45, 7) is 6.37. The van der Waals surface area contributed by atoms with Gasteiger partial charge in [0.1, 0.15) is 0 Å². The fourth-order valence-corrected chi connectivity index (χ4v) is 0.610. The summed E-state index contributed by atoms with van der Waals surface area (Å²) in [6.07, 6.45) is 2.80. The zero-order chi connectivity index (χ0) is 6.91. The summed E-state index contributed by atoms with van der Waals surface area (Å²) in [5, 5.41) is 6.67. The molecule has 1 aromatic heterocycles. The molecule has 49 valence electrons. The lowest BCUT2D eigenvalue weighted by atomic mass is 9.93. The van der Waals surface area contributed by atoms with Crippen LogP contribution in [0.1, 0.15) is 26.5 Å². The Morgan fingerprint density at radius 2 is 2.22 bits per heavy atom. The molecule has 0 atom stereocenters. The predicted molar refractivity (Wildman–Crippen MR) is 36.1 cm³/mol. The van der Waals surface area contributed by atoms with E-state index in [4.69, 9.17) is 0 Å². The molecule has 1 radical (unpaired) electrons. The molecule has 9 heavy (non-hydrogen) atoms. The first-order chi connectivity index (χ1) is 4.11. The van der Waals surface area contributed by atoms with E-state index in [9.17, 15) is 0 Å². The minimum Gasteiger partial charge on any atom is -0.276 e. The summed E-state index contributed by atoms with van der Waals surface area (Å²) >= 11 is 0. The predicted octanol–water partition coefficient (Wildman–Crippen LogP) is 1.51. The molecule has 1 heterocycles. The highest BCUT2D eigenvalue weighted by atomic mass is 15.1. The number of nitrogens with one attached hydrogen (secondary N) is 1. The van der Waals surface area contributed by atoms with Gasteiger partial charge in [-0.05, 0) is 6.07 Å². The van der Waals surface area contributed by atoms with Crippen LogP contribution in [-0.2, 0) is 5.41 Å². The Morgan fingerprint density at radius 3 is 2.44 bits per heavy atom. The van der Waals surface area contributed by atoms with Crippen molar-refractivity contribution in [3.05, 3.63) is 18.0 Å². The normalized spacial score (nSPS) is 11.9.